The van der Waals surface area contributed by atoms with Crippen LogP contribution in [-0.2, 0) is 6.42 Å². The first-order valence-corrected chi connectivity index (χ1v) is 7.88. The average Bonchev–Trinajstić information content (AvgIpc) is 2.76. The number of benzene rings is 2. The number of methoxy groups -OCH3 is 3. The maximum absolute atomic E-state index is 11.5. The van der Waals surface area contributed by atoms with E-state index in [2.05, 4.69) is 0 Å². The van der Waals surface area contributed by atoms with Gasteiger partial charge in [0.05, 0.1) is 33.4 Å². The normalized spacial score (nSPS) is 15.0. The van der Waals surface area contributed by atoms with Crippen molar-refractivity contribution in [2.75, 3.05) is 21.3 Å². The summed E-state index contributed by atoms with van der Waals surface area (Å²) >= 11 is 0. The van der Waals surface area contributed by atoms with Crippen LogP contribution in [0.1, 0.15) is 34.0 Å². The fraction of sp³-hybridized carbons (Fsp3) is 0.316. The molecule has 0 spiro atoms. The quantitative estimate of drug-likeness (QED) is 0.679. The number of hydrogen-bond donors (Lipinski definition) is 1. The Balaban J connectivity index is 0.00000243. The van der Waals surface area contributed by atoms with Crippen molar-refractivity contribution >= 4 is 5.97 Å². The Hall–Kier alpha value is -1.73. The topological polar surface area (TPSA) is 88.1 Å². The molecule has 132 valence electrons. The molecule has 1 atom stereocenters. The molecule has 1 unspecified atom stereocenters. The molecule has 2 aromatic carbocycles. The number of carbonyl (C=O) groups is 1. The zero-order chi connectivity index (χ0) is 18.1. The van der Waals surface area contributed by atoms with Crippen molar-refractivity contribution in [1.29, 1.82) is 0 Å². The van der Waals surface area contributed by atoms with Crippen LogP contribution in [0.4, 0.5) is 0 Å². The summed E-state index contributed by atoms with van der Waals surface area (Å²) in [6.07, 6.45) is -0.00434. The molecular formula is C19H19NaO6. The van der Waals surface area contributed by atoms with E-state index in [0.29, 0.717) is 46.8 Å². The van der Waals surface area contributed by atoms with Crippen LogP contribution < -0.4 is 48.9 Å². The molecule has 6 nitrogen and oxygen atoms in total. The van der Waals surface area contributed by atoms with E-state index in [1.165, 1.54) is 27.4 Å². The van der Waals surface area contributed by atoms with E-state index in [9.17, 15) is 15.0 Å². The minimum Gasteiger partial charge on any atom is -0.545 e. The summed E-state index contributed by atoms with van der Waals surface area (Å²) in [5.74, 6) is 0.0681. The van der Waals surface area contributed by atoms with Gasteiger partial charge in [0.2, 0.25) is 5.75 Å². The summed E-state index contributed by atoms with van der Waals surface area (Å²) < 4.78 is 16.4. The van der Waals surface area contributed by atoms with Gasteiger partial charge >= 0.3 is 29.6 Å². The first-order valence-electron chi connectivity index (χ1n) is 7.88. The van der Waals surface area contributed by atoms with Crippen LogP contribution in [0.5, 0.6) is 17.2 Å². The van der Waals surface area contributed by atoms with Crippen LogP contribution >= 0.6 is 0 Å². The van der Waals surface area contributed by atoms with E-state index in [4.69, 9.17) is 14.2 Å². The molecule has 3 rings (SSSR count). The fourth-order valence-electron chi connectivity index (χ4n) is 3.46. The van der Waals surface area contributed by atoms with Crippen molar-refractivity contribution in [3.63, 3.8) is 0 Å². The first kappa shape index (κ1) is 20.6. The van der Waals surface area contributed by atoms with Gasteiger partial charge in [0.1, 0.15) is 0 Å². The van der Waals surface area contributed by atoms with Crippen molar-refractivity contribution < 1.29 is 58.8 Å². The molecule has 7 heteroatoms. The van der Waals surface area contributed by atoms with Gasteiger partial charge in [0.15, 0.2) is 11.5 Å². The monoisotopic (exact) mass is 366 g/mol. The number of fused-ring (bicyclic) bond motifs is 3. The summed E-state index contributed by atoms with van der Waals surface area (Å²) in [6, 6.07) is 6.67. The smallest absolute Gasteiger partial charge is 0.545 e. The van der Waals surface area contributed by atoms with Gasteiger partial charge < -0.3 is 29.2 Å². The predicted octanol–water partition coefficient (Wildman–Crippen LogP) is -1.27. The van der Waals surface area contributed by atoms with Crippen LogP contribution in [0.15, 0.2) is 24.3 Å². The van der Waals surface area contributed by atoms with E-state index in [-0.39, 0.29) is 35.1 Å². The van der Waals surface area contributed by atoms with Crippen LogP contribution in [0.3, 0.4) is 0 Å². The maximum atomic E-state index is 11.5. The van der Waals surface area contributed by atoms with Crippen LogP contribution in [0, 0.1) is 0 Å². The zero-order valence-electron chi connectivity index (χ0n) is 15.3. The number of rotatable bonds is 4. The Labute approximate surface area is 174 Å². The molecule has 1 N–H and O–H groups in total. The first-order chi connectivity index (χ1) is 12.0. The molecular weight excluding hydrogens is 347 g/mol. The molecule has 0 heterocycles. The molecule has 0 saturated heterocycles. The van der Waals surface area contributed by atoms with Crippen molar-refractivity contribution in [2.45, 2.75) is 18.9 Å². The number of hydrogen-bond acceptors (Lipinski definition) is 6. The van der Waals surface area contributed by atoms with Gasteiger partial charge in [-0.1, -0.05) is 18.2 Å². The molecule has 2 aromatic rings. The van der Waals surface area contributed by atoms with E-state index < -0.39 is 12.1 Å². The summed E-state index contributed by atoms with van der Waals surface area (Å²) in [4.78, 5) is 11.5. The van der Waals surface area contributed by atoms with Gasteiger partial charge in [0.25, 0.3) is 0 Å². The second-order valence-electron chi connectivity index (χ2n) is 5.79. The minimum absolute atomic E-state index is 0. The number of aryl methyl sites for hydroxylation is 1. The van der Waals surface area contributed by atoms with Gasteiger partial charge in [-0.2, -0.15) is 0 Å². The van der Waals surface area contributed by atoms with E-state index in [1.54, 1.807) is 12.1 Å². The summed E-state index contributed by atoms with van der Waals surface area (Å²) in [6.45, 7) is 0. The van der Waals surface area contributed by atoms with E-state index in [1.807, 2.05) is 6.07 Å². The summed E-state index contributed by atoms with van der Waals surface area (Å²) in [5.41, 5.74) is 2.51. The van der Waals surface area contributed by atoms with Gasteiger partial charge in [-0.25, -0.2) is 0 Å². The zero-order valence-corrected chi connectivity index (χ0v) is 17.3. The Morgan fingerprint density at radius 3 is 2.42 bits per heavy atom. The van der Waals surface area contributed by atoms with Crippen molar-refractivity contribution in [3.05, 3.63) is 41.0 Å². The van der Waals surface area contributed by atoms with Crippen LogP contribution in [-0.4, -0.2) is 32.4 Å². The Morgan fingerprint density at radius 1 is 1.15 bits per heavy atom. The van der Waals surface area contributed by atoms with Crippen LogP contribution in [0.2, 0.25) is 0 Å². The fourth-order valence-corrected chi connectivity index (χ4v) is 3.46. The standard InChI is InChI=1S/C19H20O6.Na/c1-23-14-9-10-7-8-13(20)16-11(5-4-6-12(16)19(21)22)15(10)18(25-3)17(14)24-2;/h4-6,9,13,20H,7-8H2,1-3H3,(H,21,22);/q;+1/p-1. The molecule has 0 saturated carbocycles. The number of aliphatic hydroxyl groups excluding tert-OH is 1. The summed E-state index contributed by atoms with van der Waals surface area (Å²) in [5, 5.41) is 22.1. The third kappa shape index (κ3) is 3.30. The minimum atomic E-state index is -1.32. The molecule has 0 bridgehead atoms. The van der Waals surface area contributed by atoms with Crippen molar-refractivity contribution in [3.8, 4) is 28.4 Å². The number of carbonyl (C=O) groups excluding carboxylic acids is 1. The van der Waals surface area contributed by atoms with E-state index in [0.717, 1.165) is 5.56 Å². The Bertz CT molecular complexity index is 833. The predicted molar refractivity (Wildman–Crippen MR) is 89.1 cm³/mol. The number of aliphatic hydroxyl groups is 1. The summed E-state index contributed by atoms with van der Waals surface area (Å²) in [7, 11) is 4.56. The van der Waals surface area contributed by atoms with Gasteiger partial charge in [0, 0.05) is 11.1 Å². The average molecular weight is 366 g/mol. The molecule has 0 aromatic heterocycles. The van der Waals surface area contributed by atoms with Crippen molar-refractivity contribution in [2.24, 2.45) is 0 Å². The second-order valence-corrected chi connectivity index (χ2v) is 5.79. The number of ether oxygens (including phenoxy) is 3. The van der Waals surface area contributed by atoms with Crippen molar-refractivity contribution in [1.82, 2.24) is 0 Å². The van der Waals surface area contributed by atoms with E-state index >= 15 is 0 Å². The maximum Gasteiger partial charge on any atom is 1.00 e. The third-order valence-corrected chi connectivity index (χ3v) is 4.53. The molecule has 1 aliphatic carbocycles. The molecule has 0 radical (unpaired) electrons. The number of carboxylic acids is 1. The molecule has 26 heavy (non-hydrogen) atoms. The molecule has 0 fully saturated rings. The molecule has 0 aliphatic heterocycles. The van der Waals surface area contributed by atoms with Gasteiger partial charge in [-0.15, -0.1) is 0 Å². The molecule has 0 amide bonds. The molecule has 1 aliphatic rings. The number of carboxylic acid groups (broad SMARTS) is 1. The second kappa shape index (κ2) is 8.31. The van der Waals surface area contributed by atoms with Gasteiger partial charge in [-0.3, -0.25) is 0 Å². The SMILES string of the molecule is COc1cc2c(c(OC)c1OC)-c1cccc(C(=O)[O-])c1C(O)CC2.[Na+]. The van der Waals surface area contributed by atoms with Crippen LogP contribution in [0.25, 0.3) is 11.1 Å². The Morgan fingerprint density at radius 2 is 1.85 bits per heavy atom. The number of aromatic carboxylic acids is 1. The largest absolute Gasteiger partial charge is 1.00 e. The third-order valence-electron chi connectivity index (χ3n) is 4.53. The van der Waals surface area contributed by atoms with Gasteiger partial charge in [-0.05, 0) is 35.6 Å². The Kier molecular flexibility index (Phi) is 6.58.